The predicted molar refractivity (Wildman–Crippen MR) is 113 cm³/mol. The van der Waals surface area contributed by atoms with Gasteiger partial charge in [-0.05, 0) is 44.2 Å². The second-order valence-corrected chi connectivity index (χ2v) is 6.75. The van der Waals surface area contributed by atoms with Crippen LogP contribution in [0, 0.1) is 0 Å². The molecule has 0 spiro atoms. The number of benzene rings is 2. The molecule has 2 aromatic rings. The van der Waals surface area contributed by atoms with Crippen LogP contribution >= 0.6 is 0 Å². The summed E-state index contributed by atoms with van der Waals surface area (Å²) in [6, 6.07) is 8.25. The zero-order valence-corrected chi connectivity index (χ0v) is 18.3. The molecule has 0 radical (unpaired) electrons. The first kappa shape index (κ1) is 24.6. The average molecular weight is 480 g/mol. The van der Waals surface area contributed by atoms with Crippen LogP contribution in [0.4, 0.5) is 14.5 Å². The standard InChI is InChI=1S/C22H22F2N2O8/c1-3-30-15-7-5-13(9-17(15)31-4-2)21(29)25-11-20(28)32-12-19(27)26-14-6-8-16-18(10-14)34-22(23,24)33-16/h5-10H,3-4,11-12H2,1-2H3,(H,25,29)(H,26,27). The second-order valence-electron chi connectivity index (χ2n) is 6.75. The summed E-state index contributed by atoms with van der Waals surface area (Å²) in [5.74, 6) is -1.67. The molecular formula is C22H22F2N2O8. The molecule has 0 saturated carbocycles. The maximum absolute atomic E-state index is 13.1. The largest absolute Gasteiger partial charge is 0.586 e. The molecule has 3 rings (SSSR count). The van der Waals surface area contributed by atoms with Gasteiger partial charge in [0.2, 0.25) is 0 Å². The van der Waals surface area contributed by atoms with Gasteiger partial charge >= 0.3 is 12.3 Å². The zero-order valence-electron chi connectivity index (χ0n) is 18.3. The third-order valence-electron chi connectivity index (χ3n) is 4.25. The van der Waals surface area contributed by atoms with Crippen LogP contribution in [0.25, 0.3) is 0 Å². The molecule has 1 aliphatic heterocycles. The van der Waals surface area contributed by atoms with Crippen molar-refractivity contribution in [2.45, 2.75) is 20.1 Å². The number of amides is 2. The molecule has 1 aliphatic rings. The second kappa shape index (κ2) is 10.7. The fourth-order valence-corrected chi connectivity index (χ4v) is 2.87. The van der Waals surface area contributed by atoms with Gasteiger partial charge in [-0.1, -0.05) is 0 Å². The Hall–Kier alpha value is -4.09. The van der Waals surface area contributed by atoms with Crippen molar-refractivity contribution in [1.82, 2.24) is 5.32 Å². The highest BCUT2D eigenvalue weighted by molar-refractivity contribution is 5.97. The van der Waals surface area contributed by atoms with Gasteiger partial charge in [-0.2, -0.15) is 0 Å². The molecule has 34 heavy (non-hydrogen) atoms. The predicted octanol–water partition coefficient (Wildman–Crippen LogP) is 2.72. The number of rotatable bonds is 10. The van der Waals surface area contributed by atoms with Crippen LogP contribution in [0.1, 0.15) is 24.2 Å². The maximum atomic E-state index is 13.1. The average Bonchev–Trinajstić information content (AvgIpc) is 3.10. The van der Waals surface area contributed by atoms with E-state index in [9.17, 15) is 23.2 Å². The van der Waals surface area contributed by atoms with E-state index in [4.69, 9.17) is 14.2 Å². The van der Waals surface area contributed by atoms with Gasteiger partial charge < -0.3 is 34.3 Å². The summed E-state index contributed by atoms with van der Waals surface area (Å²) in [5, 5.41) is 4.75. The summed E-state index contributed by atoms with van der Waals surface area (Å²) in [7, 11) is 0. The van der Waals surface area contributed by atoms with E-state index in [-0.39, 0.29) is 22.7 Å². The Bertz CT molecular complexity index is 1080. The minimum Gasteiger partial charge on any atom is -0.490 e. The van der Waals surface area contributed by atoms with E-state index in [0.29, 0.717) is 24.7 Å². The Balaban J connectivity index is 1.45. The minimum atomic E-state index is -3.78. The van der Waals surface area contributed by atoms with Gasteiger partial charge in [0, 0.05) is 17.3 Å². The number of carbonyl (C=O) groups excluding carboxylic acids is 3. The normalized spacial score (nSPS) is 13.1. The van der Waals surface area contributed by atoms with Crippen LogP contribution in [0.15, 0.2) is 36.4 Å². The number of carbonyl (C=O) groups is 3. The number of esters is 1. The van der Waals surface area contributed by atoms with Crippen molar-refractivity contribution in [3.05, 3.63) is 42.0 Å². The molecule has 0 aromatic heterocycles. The Morgan fingerprint density at radius 1 is 0.941 bits per heavy atom. The summed E-state index contributed by atoms with van der Waals surface area (Å²) < 4.78 is 50.4. The first-order valence-electron chi connectivity index (χ1n) is 10.2. The first-order valence-corrected chi connectivity index (χ1v) is 10.2. The lowest BCUT2D eigenvalue weighted by atomic mass is 10.2. The Morgan fingerprint density at radius 3 is 2.38 bits per heavy atom. The van der Waals surface area contributed by atoms with E-state index >= 15 is 0 Å². The lowest BCUT2D eigenvalue weighted by molar-refractivity contribution is -0.286. The number of hydrogen-bond acceptors (Lipinski definition) is 8. The molecule has 0 saturated heterocycles. The SMILES string of the molecule is CCOc1ccc(C(=O)NCC(=O)OCC(=O)Nc2ccc3c(c2)OC(F)(F)O3)cc1OCC. The quantitative estimate of drug-likeness (QED) is 0.498. The summed E-state index contributed by atoms with van der Waals surface area (Å²) in [6.07, 6.45) is -3.78. The highest BCUT2D eigenvalue weighted by Gasteiger charge is 2.43. The van der Waals surface area contributed by atoms with E-state index in [2.05, 4.69) is 20.1 Å². The summed E-state index contributed by atoms with van der Waals surface area (Å²) >= 11 is 0. The molecule has 2 aromatic carbocycles. The van der Waals surface area contributed by atoms with Crippen LogP contribution in [-0.4, -0.2) is 50.4 Å². The van der Waals surface area contributed by atoms with E-state index in [1.54, 1.807) is 13.0 Å². The van der Waals surface area contributed by atoms with E-state index in [0.717, 1.165) is 6.07 Å². The van der Waals surface area contributed by atoms with Crippen molar-refractivity contribution in [3.8, 4) is 23.0 Å². The molecule has 2 amide bonds. The Labute approximate surface area is 193 Å². The zero-order chi connectivity index (χ0) is 24.7. The maximum Gasteiger partial charge on any atom is 0.586 e. The molecule has 10 nitrogen and oxygen atoms in total. The molecular weight excluding hydrogens is 458 g/mol. The minimum absolute atomic E-state index is 0.134. The van der Waals surface area contributed by atoms with Gasteiger partial charge in [-0.3, -0.25) is 14.4 Å². The van der Waals surface area contributed by atoms with Crippen molar-refractivity contribution in [2.24, 2.45) is 0 Å². The van der Waals surface area contributed by atoms with E-state index in [1.165, 1.54) is 24.3 Å². The first-order chi connectivity index (χ1) is 16.2. The third kappa shape index (κ3) is 6.47. The number of halogens is 2. The van der Waals surface area contributed by atoms with Crippen molar-refractivity contribution >= 4 is 23.5 Å². The smallest absolute Gasteiger partial charge is 0.490 e. The van der Waals surface area contributed by atoms with Crippen LogP contribution < -0.4 is 29.6 Å². The highest BCUT2D eigenvalue weighted by Crippen LogP contribution is 2.42. The number of fused-ring (bicyclic) bond motifs is 1. The van der Waals surface area contributed by atoms with Crippen molar-refractivity contribution in [1.29, 1.82) is 0 Å². The van der Waals surface area contributed by atoms with Gasteiger partial charge in [0.25, 0.3) is 11.8 Å². The highest BCUT2D eigenvalue weighted by atomic mass is 19.3. The summed E-state index contributed by atoms with van der Waals surface area (Å²) in [6.45, 7) is 3.27. The summed E-state index contributed by atoms with van der Waals surface area (Å²) in [4.78, 5) is 36.2. The molecule has 1 heterocycles. The van der Waals surface area contributed by atoms with Crippen molar-refractivity contribution < 1.29 is 46.8 Å². The topological polar surface area (TPSA) is 121 Å². The third-order valence-corrected chi connectivity index (χ3v) is 4.25. The number of anilines is 1. The summed E-state index contributed by atoms with van der Waals surface area (Å²) in [5.41, 5.74) is 0.376. The molecule has 0 atom stereocenters. The number of nitrogens with one attached hydrogen (secondary N) is 2. The molecule has 182 valence electrons. The molecule has 0 unspecified atom stereocenters. The molecule has 0 bridgehead atoms. The lowest BCUT2D eigenvalue weighted by Gasteiger charge is -2.12. The van der Waals surface area contributed by atoms with E-state index in [1.807, 2.05) is 6.92 Å². The Morgan fingerprint density at radius 2 is 1.65 bits per heavy atom. The number of ether oxygens (including phenoxy) is 5. The lowest BCUT2D eigenvalue weighted by Crippen LogP contribution is -2.32. The fraction of sp³-hybridized carbons (Fsp3) is 0.318. The van der Waals surface area contributed by atoms with Gasteiger partial charge in [0.1, 0.15) is 6.54 Å². The van der Waals surface area contributed by atoms with Gasteiger partial charge in [0.15, 0.2) is 29.6 Å². The van der Waals surface area contributed by atoms with Crippen LogP contribution in [0.3, 0.4) is 0 Å². The van der Waals surface area contributed by atoms with E-state index < -0.39 is 37.2 Å². The van der Waals surface area contributed by atoms with Gasteiger partial charge in [0.05, 0.1) is 13.2 Å². The molecule has 2 N–H and O–H groups in total. The monoisotopic (exact) mass is 480 g/mol. The van der Waals surface area contributed by atoms with Crippen LogP contribution in [-0.2, 0) is 14.3 Å². The Kier molecular flexibility index (Phi) is 7.71. The van der Waals surface area contributed by atoms with Crippen LogP contribution in [0.2, 0.25) is 0 Å². The number of alkyl halides is 2. The molecule has 12 heteroatoms. The van der Waals surface area contributed by atoms with Gasteiger partial charge in [-0.15, -0.1) is 8.78 Å². The molecule has 0 fully saturated rings. The fourth-order valence-electron chi connectivity index (χ4n) is 2.87. The number of hydrogen-bond donors (Lipinski definition) is 2. The molecule has 0 aliphatic carbocycles. The van der Waals surface area contributed by atoms with Crippen molar-refractivity contribution in [3.63, 3.8) is 0 Å². The van der Waals surface area contributed by atoms with Crippen molar-refractivity contribution in [2.75, 3.05) is 31.7 Å². The van der Waals surface area contributed by atoms with Gasteiger partial charge in [-0.25, -0.2) is 0 Å². The van der Waals surface area contributed by atoms with Crippen LogP contribution in [0.5, 0.6) is 23.0 Å².